The van der Waals surface area contributed by atoms with Crippen molar-refractivity contribution in [3.05, 3.63) is 57.6 Å². The van der Waals surface area contributed by atoms with Crippen LogP contribution in [0.1, 0.15) is 31.9 Å². The van der Waals surface area contributed by atoms with E-state index >= 15 is 0 Å². The molecule has 0 spiro atoms. The Kier molecular flexibility index (Phi) is 6.68. The van der Waals surface area contributed by atoms with E-state index < -0.39 is 8.32 Å². The predicted molar refractivity (Wildman–Crippen MR) is 128 cm³/mol. The summed E-state index contributed by atoms with van der Waals surface area (Å²) in [6, 6.07) is 10.7. The van der Waals surface area contributed by atoms with E-state index in [2.05, 4.69) is 39.2 Å². The van der Waals surface area contributed by atoms with E-state index in [1.54, 1.807) is 30.3 Å². The number of nitrogens with one attached hydrogen (secondary N) is 1. The van der Waals surface area contributed by atoms with Crippen molar-refractivity contribution in [1.29, 1.82) is 0 Å². The van der Waals surface area contributed by atoms with Gasteiger partial charge in [0.1, 0.15) is 12.4 Å². The summed E-state index contributed by atoms with van der Waals surface area (Å²) in [4.78, 5) is 12.5. The maximum Gasteiger partial charge on any atom is 0.256 e. The minimum atomic E-state index is -1.83. The second-order valence-electron chi connectivity index (χ2n) is 8.84. The predicted octanol–water partition coefficient (Wildman–Crippen LogP) is 6.89. The Balaban J connectivity index is 1.79. The average Bonchev–Trinajstić information content (AvgIpc) is 2.93. The molecule has 3 rings (SSSR count). The van der Waals surface area contributed by atoms with Gasteiger partial charge in [-0.25, -0.2) is 0 Å². The first-order valence-electron chi connectivity index (χ1n) is 9.87. The molecule has 7 heteroatoms. The van der Waals surface area contributed by atoms with Crippen LogP contribution in [0, 0.1) is 0 Å². The molecule has 0 aliphatic carbocycles. The maximum atomic E-state index is 12.5. The van der Waals surface area contributed by atoms with Crippen LogP contribution in [-0.4, -0.2) is 27.4 Å². The van der Waals surface area contributed by atoms with Gasteiger partial charge in [0.05, 0.1) is 12.3 Å². The molecule has 0 saturated heterocycles. The third-order valence-corrected chi connectivity index (χ3v) is 10.7. The summed E-state index contributed by atoms with van der Waals surface area (Å²) in [7, 11) is -1.83. The molecular weight excluding hydrogens is 437 g/mol. The zero-order valence-corrected chi connectivity index (χ0v) is 20.4. The van der Waals surface area contributed by atoms with Crippen LogP contribution in [0.15, 0.2) is 36.4 Å². The van der Waals surface area contributed by atoms with Crippen molar-refractivity contribution >= 4 is 54.8 Å². The van der Waals surface area contributed by atoms with Gasteiger partial charge in [0.15, 0.2) is 8.32 Å². The number of anilines is 1. The summed E-state index contributed by atoms with van der Waals surface area (Å²) in [5.41, 5.74) is 2.79. The SMILES string of the molecule is CC(C)(C)[Si](C)(C)OCCOc1ccc(Cl)cc1C=C1C(=O)Nc2cc(Cl)ccc21. The van der Waals surface area contributed by atoms with E-state index in [1.807, 2.05) is 12.1 Å². The lowest BCUT2D eigenvalue weighted by Gasteiger charge is -2.36. The van der Waals surface area contributed by atoms with Crippen LogP contribution in [0.5, 0.6) is 5.75 Å². The molecule has 1 amide bonds. The molecule has 0 unspecified atom stereocenters. The van der Waals surface area contributed by atoms with Gasteiger partial charge in [-0.3, -0.25) is 4.79 Å². The van der Waals surface area contributed by atoms with Crippen LogP contribution in [0.25, 0.3) is 11.6 Å². The quantitative estimate of drug-likeness (QED) is 0.288. The van der Waals surface area contributed by atoms with Crippen LogP contribution in [0.4, 0.5) is 5.69 Å². The van der Waals surface area contributed by atoms with Crippen molar-refractivity contribution in [2.45, 2.75) is 38.9 Å². The molecule has 1 aliphatic heterocycles. The van der Waals surface area contributed by atoms with E-state index in [0.717, 1.165) is 11.1 Å². The van der Waals surface area contributed by atoms with Crippen molar-refractivity contribution in [3.63, 3.8) is 0 Å². The number of rotatable bonds is 6. The first-order valence-corrected chi connectivity index (χ1v) is 13.5. The van der Waals surface area contributed by atoms with E-state index in [0.29, 0.717) is 40.3 Å². The number of halogens is 2. The van der Waals surface area contributed by atoms with Crippen LogP contribution in [0.2, 0.25) is 28.2 Å². The number of amides is 1. The van der Waals surface area contributed by atoms with Crippen LogP contribution in [0.3, 0.4) is 0 Å². The van der Waals surface area contributed by atoms with Crippen LogP contribution < -0.4 is 10.1 Å². The van der Waals surface area contributed by atoms with Crippen molar-refractivity contribution < 1.29 is 14.0 Å². The Bertz CT molecular complexity index is 996. The van der Waals surface area contributed by atoms with E-state index in [1.165, 1.54) is 0 Å². The first kappa shape index (κ1) is 22.9. The molecule has 4 nitrogen and oxygen atoms in total. The van der Waals surface area contributed by atoms with Crippen LogP contribution in [-0.2, 0) is 9.22 Å². The Morgan fingerprint density at radius 3 is 2.40 bits per heavy atom. The number of carbonyl (C=O) groups excluding carboxylic acids is 1. The van der Waals surface area contributed by atoms with Crippen LogP contribution >= 0.6 is 23.2 Å². The third kappa shape index (κ3) is 5.09. The first-order chi connectivity index (χ1) is 14.0. The number of ether oxygens (including phenoxy) is 1. The molecule has 30 heavy (non-hydrogen) atoms. The van der Waals surface area contributed by atoms with Gasteiger partial charge in [-0.05, 0) is 54.5 Å². The number of hydrogen-bond acceptors (Lipinski definition) is 3. The molecule has 1 heterocycles. The fraction of sp³-hybridized carbons (Fsp3) is 0.348. The summed E-state index contributed by atoms with van der Waals surface area (Å²) >= 11 is 12.2. The zero-order valence-electron chi connectivity index (χ0n) is 17.9. The summed E-state index contributed by atoms with van der Waals surface area (Å²) in [6.07, 6.45) is 1.80. The molecule has 1 N–H and O–H groups in total. The lowest BCUT2D eigenvalue weighted by Crippen LogP contribution is -2.41. The minimum absolute atomic E-state index is 0.148. The molecule has 0 bridgehead atoms. The van der Waals surface area contributed by atoms with Gasteiger partial charge >= 0.3 is 0 Å². The highest BCUT2D eigenvalue weighted by Gasteiger charge is 2.36. The Morgan fingerprint density at radius 2 is 1.70 bits per heavy atom. The van der Waals surface area contributed by atoms with Crippen molar-refractivity contribution in [1.82, 2.24) is 0 Å². The minimum Gasteiger partial charge on any atom is -0.491 e. The highest BCUT2D eigenvalue weighted by atomic mass is 35.5. The lowest BCUT2D eigenvalue weighted by molar-refractivity contribution is -0.110. The van der Waals surface area contributed by atoms with Gasteiger partial charge in [-0.15, -0.1) is 0 Å². The van der Waals surface area contributed by atoms with Gasteiger partial charge in [0.25, 0.3) is 5.91 Å². The standard InChI is InChI=1S/C23H27Cl2NO3Si/c1-23(2,3)30(4,5)29-11-10-28-21-9-7-16(24)12-15(21)13-19-18-8-6-17(25)14-20(18)26-22(19)27/h6-9,12-14H,10-11H2,1-5H3,(H,26,27). The third-order valence-electron chi connectivity index (χ3n) is 5.65. The maximum absolute atomic E-state index is 12.5. The fourth-order valence-electron chi connectivity index (χ4n) is 2.89. The summed E-state index contributed by atoms with van der Waals surface area (Å²) in [5.74, 6) is 0.473. The molecule has 0 atom stereocenters. The molecule has 0 saturated carbocycles. The number of fused-ring (bicyclic) bond motifs is 1. The summed E-state index contributed by atoms with van der Waals surface area (Å²) in [5, 5.41) is 4.14. The molecule has 0 aromatic heterocycles. The molecule has 1 aliphatic rings. The number of hydrogen-bond donors (Lipinski definition) is 1. The van der Waals surface area contributed by atoms with Gasteiger partial charge in [-0.1, -0.05) is 50.0 Å². The second-order valence-corrected chi connectivity index (χ2v) is 14.5. The van der Waals surface area contributed by atoms with E-state index in [4.69, 9.17) is 32.4 Å². The zero-order chi connectivity index (χ0) is 22.1. The topological polar surface area (TPSA) is 47.6 Å². The van der Waals surface area contributed by atoms with Gasteiger partial charge in [0, 0.05) is 26.7 Å². The molecular formula is C23H27Cl2NO3Si. The average molecular weight is 464 g/mol. The highest BCUT2D eigenvalue weighted by molar-refractivity contribution is 6.74. The summed E-state index contributed by atoms with van der Waals surface area (Å²) < 4.78 is 12.2. The largest absolute Gasteiger partial charge is 0.491 e. The molecule has 160 valence electrons. The van der Waals surface area contributed by atoms with Gasteiger partial charge < -0.3 is 14.5 Å². The van der Waals surface area contributed by atoms with E-state index in [-0.39, 0.29) is 10.9 Å². The molecule has 0 radical (unpaired) electrons. The van der Waals surface area contributed by atoms with E-state index in [9.17, 15) is 4.79 Å². The molecule has 2 aromatic rings. The normalized spacial score (nSPS) is 15.3. The van der Waals surface area contributed by atoms with Crippen molar-refractivity contribution in [2.24, 2.45) is 0 Å². The Morgan fingerprint density at radius 1 is 1.03 bits per heavy atom. The van der Waals surface area contributed by atoms with Crippen molar-refractivity contribution in [3.8, 4) is 5.75 Å². The lowest BCUT2D eigenvalue weighted by atomic mass is 10.0. The van der Waals surface area contributed by atoms with Crippen molar-refractivity contribution in [2.75, 3.05) is 18.5 Å². The Labute approximate surface area is 189 Å². The van der Waals surface area contributed by atoms with Gasteiger partial charge in [0.2, 0.25) is 0 Å². The second kappa shape index (κ2) is 8.75. The monoisotopic (exact) mass is 463 g/mol. The summed E-state index contributed by atoms with van der Waals surface area (Å²) in [6.45, 7) is 12.0. The highest BCUT2D eigenvalue weighted by Crippen LogP contribution is 2.38. The molecule has 2 aromatic carbocycles. The number of carbonyl (C=O) groups is 1. The smallest absolute Gasteiger partial charge is 0.256 e. The Hall–Kier alpha value is -1.79. The fourth-order valence-corrected chi connectivity index (χ4v) is 4.27. The molecule has 0 fully saturated rings. The van der Waals surface area contributed by atoms with Gasteiger partial charge in [-0.2, -0.15) is 0 Å². The number of benzene rings is 2.